The van der Waals surface area contributed by atoms with Crippen molar-refractivity contribution < 1.29 is 4.39 Å². The predicted molar refractivity (Wildman–Crippen MR) is 82.9 cm³/mol. The minimum absolute atomic E-state index is 0.255. The molecule has 0 fully saturated rings. The molecule has 0 amide bonds. The Morgan fingerprint density at radius 2 is 1.77 bits per heavy atom. The van der Waals surface area contributed by atoms with Crippen LogP contribution in [0.15, 0.2) is 53.9 Å². The number of benzene rings is 1. The summed E-state index contributed by atoms with van der Waals surface area (Å²) in [4.78, 5) is 6.27. The molecule has 1 aliphatic heterocycles. The Bertz CT molecular complexity index is 787. The normalized spacial score (nSPS) is 14.0. The van der Waals surface area contributed by atoms with E-state index in [9.17, 15) is 4.39 Å². The van der Waals surface area contributed by atoms with E-state index in [1.54, 1.807) is 36.3 Å². The summed E-state index contributed by atoms with van der Waals surface area (Å²) in [5, 5.41) is 9.36. The summed E-state index contributed by atoms with van der Waals surface area (Å²) in [7, 11) is 0. The minimum Gasteiger partial charge on any atom is -0.343 e. The van der Waals surface area contributed by atoms with E-state index in [1.165, 1.54) is 12.1 Å². The lowest BCUT2D eigenvalue weighted by molar-refractivity contribution is 0.607. The molecule has 1 aromatic carbocycles. The number of hydrogen-bond acceptors (Lipinski definition) is 5. The molecule has 0 bridgehead atoms. The molecule has 0 unspecified atom stereocenters. The van der Waals surface area contributed by atoms with Gasteiger partial charge in [-0.25, -0.2) is 4.39 Å². The van der Waals surface area contributed by atoms with E-state index in [0.29, 0.717) is 6.67 Å². The number of anilines is 1. The van der Waals surface area contributed by atoms with Gasteiger partial charge in [0.1, 0.15) is 5.82 Å². The number of nitrogens with zero attached hydrogens (tertiary/aromatic N) is 5. The molecule has 0 spiro atoms. The first-order valence-electron chi connectivity index (χ1n) is 6.78. The molecular formula is C15H12FN5S. The summed E-state index contributed by atoms with van der Waals surface area (Å²) >= 11 is 1.63. The maximum absolute atomic E-state index is 13.1. The summed E-state index contributed by atoms with van der Waals surface area (Å²) < 4.78 is 15.1. The Morgan fingerprint density at radius 3 is 2.55 bits per heavy atom. The van der Waals surface area contributed by atoms with Crippen LogP contribution in [0.3, 0.4) is 0 Å². The van der Waals surface area contributed by atoms with Gasteiger partial charge < -0.3 is 4.90 Å². The average Bonchev–Trinajstić information content (AvgIpc) is 2.99. The molecule has 7 heteroatoms. The van der Waals surface area contributed by atoms with Gasteiger partial charge in [0, 0.05) is 23.6 Å². The SMILES string of the molecule is Fc1ccc(-c2nnc3n2CN(c2ccncc2)CS3)cc1. The summed E-state index contributed by atoms with van der Waals surface area (Å²) in [6, 6.07) is 10.3. The largest absolute Gasteiger partial charge is 0.343 e. The van der Waals surface area contributed by atoms with Crippen molar-refractivity contribution >= 4 is 17.4 Å². The second kappa shape index (κ2) is 5.42. The number of hydrogen-bond donors (Lipinski definition) is 0. The molecule has 0 atom stereocenters. The molecule has 0 radical (unpaired) electrons. The zero-order valence-electron chi connectivity index (χ0n) is 11.6. The van der Waals surface area contributed by atoms with Crippen molar-refractivity contribution in [1.82, 2.24) is 19.7 Å². The number of fused-ring (bicyclic) bond motifs is 1. The van der Waals surface area contributed by atoms with Crippen LogP contribution in [-0.2, 0) is 6.67 Å². The zero-order chi connectivity index (χ0) is 14.9. The van der Waals surface area contributed by atoms with E-state index < -0.39 is 0 Å². The summed E-state index contributed by atoms with van der Waals surface area (Å²) in [6.45, 7) is 0.659. The number of rotatable bonds is 2. The third-order valence-electron chi connectivity index (χ3n) is 3.51. The Morgan fingerprint density at radius 1 is 1.00 bits per heavy atom. The molecule has 5 nitrogen and oxygen atoms in total. The first-order valence-corrected chi connectivity index (χ1v) is 7.77. The molecule has 0 aliphatic carbocycles. The fourth-order valence-corrected chi connectivity index (χ4v) is 3.29. The van der Waals surface area contributed by atoms with Gasteiger partial charge in [0.15, 0.2) is 11.0 Å². The smallest absolute Gasteiger partial charge is 0.194 e. The molecule has 0 saturated heterocycles. The van der Waals surface area contributed by atoms with Crippen LogP contribution >= 0.6 is 11.8 Å². The van der Waals surface area contributed by atoms with Crippen molar-refractivity contribution in [2.24, 2.45) is 0 Å². The van der Waals surface area contributed by atoms with Crippen molar-refractivity contribution in [3.05, 3.63) is 54.6 Å². The molecular weight excluding hydrogens is 301 g/mol. The standard InChI is InChI=1S/C15H12FN5S/c16-12-3-1-11(2-4-12)14-18-19-15-21(14)9-20(10-22-15)13-5-7-17-8-6-13/h1-8H,9-10H2. The molecule has 22 heavy (non-hydrogen) atoms. The second-order valence-corrected chi connectivity index (χ2v) is 5.81. The fourth-order valence-electron chi connectivity index (χ4n) is 2.39. The van der Waals surface area contributed by atoms with Crippen molar-refractivity contribution in [2.45, 2.75) is 11.8 Å². The number of thioether (sulfide) groups is 1. The lowest BCUT2D eigenvalue weighted by atomic mass is 10.2. The number of pyridine rings is 1. The van der Waals surface area contributed by atoms with Crippen LogP contribution in [0, 0.1) is 5.82 Å². The maximum Gasteiger partial charge on any atom is 0.194 e. The Hall–Kier alpha value is -2.41. The zero-order valence-corrected chi connectivity index (χ0v) is 12.4. The highest BCUT2D eigenvalue weighted by atomic mass is 32.2. The van der Waals surface area contributed by atoms with Gasteiger partial charge in [0.05, 0.1) is 12.5 Å². The molecule has 110 valence electrons. The Balaban J connectivity index is 1.69. The van der Waals surface area contributed by atoms with E-state index in [-0.39, 0.29) is 5.82 Å². The van der Waals surface area contributed by atoms with Gasteiger partial charge in [0.2, 0.25) is 0 Å². The minimum atomic E-state index is -0.255. The highest BCUT2D eigenvalue weighted by Gasteiger charge is 2.22. The molecule has 4 rings (SSSR count). The van der Waals surface area contributed by atoms with Crippen LogP contribution in [0.1, 0.15) is 0 Å². The molecule has 2 aromatic heterocycles. The van der Waals surface area contributed by atoms with Crippen molar-refractivity contribution in [2.75, 3.05) is 10.8 Å². The van der Waals surface area contributed by atoms with Gasteiger partial charge in [-0.05, 0) is 36.4 Å². The molecule has 1 aliphatic rings. The monoisotopic (exact) mass is 313 g/mol. The predicted octanol–water partition coefficient (Wildman–Crippen LogP) is 3.01. The van der Waals surface area contributed by atoms with Crippen molar-refractivity contribution in [3.8, 4) is 11.4 Å². The van der Waals surface area contributed by atoms with Crippen LogP contribution in [0.5, 0.6) is 0 Å². The molecule has 3 heterocycles. The van der Waals surface area contributed by atoms with Gasteiger partial charge in [-0.1, -0.05) is 11.8 Å². The first-order chi connectivity index (χ1) is 10.8. The molecule has 3 aromatic rings. The van der Waals surface area contributed by atoms with Gasteiger partial charge in [-0.15, -0.1) is 10.2 Å². The van der Waals surface area contributed by atoms with Crippen LogP contribution < -0.4 is 4.90 Å². The van der Waals surface area contributed by atoms with E-state index in [1.807, 2.05) is 16.7 Å². The third kappa shape index (κ3) is 2.33. The average molecular weight is 313 g/mol. The maximum atomic E-state index is 13.1. The fraction of sp³-hybridized carbons (Fsp3) is 0.133. The lowest BCUT2D eigenvalue weighted by Gasteiger charge is -2.29. The molecule has 0 saturated carbocycles. The Labute approximate surface area is 130 Å². The third-order valence-corrected chi connectivity index (χ3v) is 4.51. The number of halogens is 1. The van der Waals surface area contributed by atoms with Gasteiger partial charge in [-0.3, -0.25) is 9.55 Å². The van der Waals surface area contributed by atoms with Crippen LogP contribution in [0.4, 0.5) is 10.1 Å². The van der Waals surface area contributed by atoms with Crippen molar-refractivity contribution in [3.63, 3.8) is 0 Å². The summed E-state index contributed by atoms with van der Waals surface area (Å²) in [5.74, 6) is 1.31. The summed E-state index contributed by atoms with van der Waals surface area (Å²) in [6.07, 6.45) is 3.56. The second-order valence-electron chi connectivity index (χ2n) is 4.90. The summed E-state index contributed by atoms with van der Waals surface area (Å²) in [5.41, 5.74) is 1.96. The molecule has 0 N–H and O–H groups in total. The van der Waals surface area contributed by atoms with Crippen LogP contribution in [0.2, 0.25) is 0 Å². The van der Waals surface area contributed by atoms with E-state index >= 15 is 0 Å². The Kier molecular flexibility index (Phi) is 3.27. The highest BCUT2D eigenvalue weighted by molar-refractivity contribution is 7.99. The number of aromatic nitrogens is 4. The van der Waals surface area contributed by atoms with Crippen LogP contribution in [-0.4, -0.2) is 25.6 Å². The van der Waals surface area contributed by atoms with Crippen molar-refractivity contribution in [1.29, 1.82) is 0 Å². The highest BCUT2D eigenvalue weighted by Crippen LogP contribution is 2.31. The lowest BCUT2D eigenvalue weighted by Crippen LogP contribution is -2.30. The first kappa shape index (κ1) is 13.3. The van der Waals surface area contributed by atoms with Gasteiger partial charge in [0.25, 0.3) is 0 Å². The van der Waals surface area contributed by atoms with Gasteiger partial charge >= 0.3 is 0 Å². The van der Waals surface area contributed by atoms with E-state index in [2.05, 4.69) is 20.1 Å². The quantitative estimate of drug-likeness (QED) is 0.728. The van der Waals surface area contributed by atoms with Crippen LogP contribution in [0.25, 0.3) is 11.4 Å². The van der Waals surface area contributed by atoms with E-state index in [4.69, 9.17) is 0 Å². The van der Waals surface area contributed by atoms with E-state index in [0.717, 1.165) is 28.1 Å². The van der Waals surface area contributed by atoms with Gasteiger partial charge in [-0.2, -0.15) is 0 Å². The topological polar surface area (TPSA) is 46.8 Å².